The third-order valence-corrected chi connectivity index (χ3v) is 2.56. The van der Waals surface area contributed by atoms with Gasteiger partial charge in [-0.05, 0) is 25.1 Å². The van der Waals surface area contributed by atoms with Crippen LogP contribution in [0, 0.1) is 0 Å². The third-order valence-electron chi connectivity index (χ3n) is 2.56. The Kier molecular flexibility index (Phi) is 2.82. The zero-order valence-electron chi connectivity index (χ0n) is 9.23. The van der Waals surface area contributed by atoms with Crippen LogP contribution in [0.5, 0.6) is 0 Å². The van der Waals surface area contributed by atoms with E-state index in [0.29, 0.717) is 5.56 Å². The van der Waals surface area contributed by atoms with E-state index < -0.39 is 12.0 Å². The molecule has 0 aliphatic carbocycles. The van der Waals surface area contributed by atoms with Crippen LogP contribution in [0.3, 0.4) is 0 Å². The number of hydrogen-bond acceptors (Lipinski definition) is 2. The van der Waals surface area contributed by atoms with Crippen LogP contribution in [0.4, 0.5) is 0 Å². The molecule has 0 unspecified atom stereocenters. The standard InChI is InChI=1S/C12H12N2O3/c1-7(12(16)17)14-11(15)9-3-2-4-10-8(9)5-6-13-10/h2-7,13H,1H3,(H,14,15)(H,16,17)/t7-/m1/s1. The lowest BCUT2D eigenvalue weighted by molar-refractivity contribution is -0.138. The van der Waals surface area contributed by atoms with Gasteiger partial charge in [0.2, 0.25) is 0 Å². The summed E-state index contributed by atoms with van der Waals surface area (Å²) in [6.07, 6.45) is 1.74. The van der Waals surface area contributed by atoms with Gasteiger partial charge in [-0.3, -0.25) is 9.59 Å². The fourth-order valence-corrected chi connectivity index (χ4v) is 1.62. The monoisotopic (exact) mass is 232 g/mol. The van der Waals surface area contributed by atoms with Crippen molar-refractivity contribution in [1.29, 1.82) is 0 Å². The van der Waals surface area contributed by atoms with Crippen molar-refractivity contribution in [1.82, 2.24) is 10.3 Å². The summed E-state index contributed by atoms with van der Waals surface area (Å²) in [6, 6.07) is 6.15. The maximum atomic E-state index is 11.9. The minimum absolute atomic E-state index is 0.384. The van der Waals surface area contributed by atoms with Gasteiger partial charge in [0, 0.05) is 22.7 Å². The highest BCUT2D eigenvalue weighted by atomic mass is 16.4. The average molecular weight is 232 g/mol. The normalized spacial score (nSPS) is 12.3. The summed E-state index contributed by atoms with van der Waals surface area (Å²) in [5, 5.41) is 11.9. The van der Waals surface area contributed by atoms with Crippen LogP contribution < -0.4 is 5.32 Å². The molecule has 0 fully saturated rings. The van der Waals surface area contributed by atoms with E-state index in [0.717, 1.165) is 10.9 Å². The number of amides is 1. The Balaban J connectivity index is 2.30. The SMILES string of the molecule is C[C@@H](NC(=O)c1cccc2[nH]ccc12)C(=O)O. The summed E-state index contributed by atoms with van der Waals surface area (Å²) >= 11 is 0. The van der Waals surface area contributed by atoms with Crippen LogP contribution in [-0.4, -0.2) is 28.0 Å². The number of nitrogens with one attached hydrogen (secondary N) is 2. The predicted octanol–water partition coefficient (Wildman–Crippen LogP) is 1.37. The number of aromatic amines is 1. The van der Waals surface area contributed by atoms with E-state index in [9.17, 15) is 9.59 Å². The Bertz CT molecular complexity index is 574. The van der Waals surface area contributed by atoms with Crippen LogP contribution >= 0.6 is 0 Å². The van der Waals surface area contributed by atoms with Crippen LogP contribution in [0.1, 0.15) is 17.3 Å². The number of benzene rings is 1. The van der Waals surface area contributed by atoms with E-state index in [4.69, 9.17) is 5.11 Å². The number of hydrogen-bond donors (Lipinski definition) is 3. The fraction of sp³-hybridized carbons (Fsp3) is 0.167. The molecule has 0 aliphatic heterocycles. The number of carbonyl (C=O) groups excluding carboxylic acids is 1. The van der Waals surface area contributed by atoms with Gasteiger partial charge < -0.3 is 15.4 Å². The molecule has 5 nitrogen and oxygen atoms in total. The van der Waals surface area contributed by atoms with Crippen LogP contribution in [-0.2, 0) is 4.79 Å². The molecule has 1 aromatic heterocycles. The topological polar surface area (TPSA) is 82.2 Å². The highest BCUT2D eigenvalue weighted by Gasteiger charge is 2.16. The molecule has 2 aromatic rings. The molecule has 0 radical (unpaired) electrons. The molecule has 0 spiro atoms. The maximum Gasteiger partial charge on any atom is 0.325 e. The number of fused-ring (bicyclic) bond motifs is 1. The van der Waals surface area contributed by atoms with Crippen LogP contribution in [0.25, 0.3) is 10.9 Å². The number of H-pyrrole nitrogens is 1. The van der Waals surface area contributed by atoms with Crippen molar-refractivity contribution in [3.63, 3.8) is 0 Å². The van der Waals surface area contributed by atoms with Gasteiger partial charge in [-0.2, -0.15) is 0 Å². The molecule has 1 aromatic carbocycles. The van der Waals surface area contributed by atoms with E-state index in [1.807, 2.05) is 6.07 Å². The van der Waals surface area contributed by atoms with E-state index in [1.54, 1.807) is 24.4 Å². The Labute approximate surface area is 97.4 Å². The Morgan fingerprint density at radius 1 is 1.35 bits per heavy atom. The van der Waals surface area contributed by atoms with Gasteiger partial charge in [-0.25, -0.2) is 0 Å². The Morgan fingerprint density at radius 2 is 2.12 bits per heavy atom. The van der Waals surface area contributed by atoms with Gasteiger partial charge in [0.1, 0.15) is 6.04 Å². The lowest BCUT2D eigenvalue weighted by Crippen LogP contribution is -2.38. The molecule has 0 saturated carbocycles. The zero-order chi connectivity index (χ0) is 12.4. The first-order chi connectivity index (χ1) is 8.09. The summed E-state index contributed by atoms with van der Waals surface area (Å²) in [5.74, 6) is -1.44. The first-order valence-electron chi connectivity index (χ1n) is 5.19. The van der Waals surface area contributed by atoms with Gasteiger partial charge in [0.25, 0.3) is 5.91 Å². The molecule has 88 valence electrons. The summed E-state index contributed by atoms with van der Waals surface area (Å²) in [6.45, 7) is 1.43. The molecule has 0 saturated heterocycles. The Morgan fingerprint density at radius 3 is 2.82 bits per heavy atom. The lowest BCUT2D eigenvalue weighted by atomic mass is 10.1. The van der Waals surface area contributed by atoms with Gasteiger partial charge in [0.15, 0.2) is 0 Å². The molecule has 1 atom stereocenters. The molecule has 0 bridgehead atoms. The van der Waals surface area contributed by atoms with E-state index in [1.165, 1.54) is 6.92 Å². The van der Waals surface area contributed by atoms with Gasteiger partial charge in [-0.1, -0.05) is 6.07 Å². The van der Waals surface area contributed by atoms with Crippen LogP contribution in [0.2, 0.25) is 0 Å². The van der Waals surface area contributed by atoms with Gasteiger partial charge >= 0.3 is 5.97 Å². The Hall–Kier alpha value is -2.30. The molecule has 0 aliphatic rings. The number of rotatable bonds is 3. The molecule has 5 heteroatoms. The quantitative estimate of drug-likeness (QED) is 0.747. The van der Waals surface area contributed by atoms with Crippen molar-refractivity contribution in [2.24, 2.45) is 0 Å². The zero-order valence-corrected chi connectivity index (χ0v) is 9.23. The van der Waals surface area contributed by atoms with Crippen molar-refractivity contribution in [3.05, 3.63) is 36.0 Å². The summed E-state index contributed by atoms with van der Waals surface area (Å²) in [5.41, 5.74) is 1.32. The van der Waals surface area contributed by atoms with Crippen molar-refractivity contribution in [2.75, 3.05) is 0 Å². The van der Waals surface area contributed by atoms with Crippen molar-refractivity contribution in [2.45, 2.75) is 13.0 Å². The molecule has 2 rings (SSSR count). The highest BCUT2D eigenvalue weighted by molar-refractivity contribution is 6.07. The van der Waals surface area contributed by atoms with Crippen LogP contribution in [0.15, 0.2) is 30.5 Å². The summed E-state index contributed by atoms with van der Waals surface area (Å²) in [4.78, 5) is 25.5. The van der Waals surface area contributed by atoms with Gasteiger partial charge in [-0.15, -0.1) is 0 Å². The minimum atomic E-state index is -1.06. The number of carbonyl (C=O) groups is 2. The highest BCUT2D eigenvalue weighted by Crippen LogP contribution is 2.17. The first-order valence-corrected chi connectivity index (χ1v) is 5.19. The molecule has 3 N–H and O–H groups in total. The molecule has 1 amide bonds. The lowest BCUT2D eigenvalue weighted by Gasteiger charge is -2.09. The summed E-state index contributed by atoms with van der Waals surface area (Å²) < 4.78 is 0. The fourth-order valence-electron chi connectivity index (χ4n) is 1.62. The van der Waals surface area contributed by atoms with Crippen molar-refractivity contribution < 1.29 is 14.7 Å². The molecule has 1 heterocycles. The third kappa shape index (κ3) is 2.13. The first kappa shape index (κ1) is 11.2. The van der Waals surface area contributed by atoms with E-state index >= 15 is 0 Å². The largest absolute Gasteiger partial charge is 0.480 e. The van der Waals surface area contributed by atoms with Gasteiger partial charge in [0.05, 0.1) is 0 Å². The smallest absolute Gasteiger partial charge is 0.325 e. The second-order valence-electron chi connectivity index (χ2n) is 3.78. The van der Waals surface area contributed by atoms with E-state index in [-0.39, 0.29) is 5.91 Å². The predicted molar refractivity (Wildman–Crippen MR) is 62.9 cm³/mol. The molecular formula is C12H12N2O3. The molecule has 17 heavy (non-hydrogen) atoms. The number of aliphatic carboxylic acids is 1. The van der Waals surface area contributed by atoms with E-state index in [2.05, 4.69) is 10.3 Å². The average Bonchev–Trinajstić information content (AvgIpc) is 2.76. The number of carboxylic acids is 1. The number of carboxylic acid groups (broad SMARTS) is 1. The second kappa shape index (κ2) is 4.29. The number of aromatic nitrogens is 1. The minimum Gasteiger partial charge on any atom is -0.480 e. The molecular weight excluding hydrogens is 220 g/mol. The summed E-state index contributed by atoms with van der Waals surface area (Å²) in [7, 11) is 0. The maximum absolute atomic E-state index is 11.9. The second-order valence-corrected chi connectivity index (χ2v) is 3.78. The van der Waals surface area contributed by atoms with Crippen molar-refractivity contribution >= 4 is 22.8 Å². The van der Waals surface area contributed by atoms with Crippen molar-refractivity contribution in [3.8, 4) is 0 Å².